The third-order valence-electron chi connectivity index (χ3n) is 3.52. The van der Waals surface area contributed by atoms with Crippen molar-refractivity contribution in [2.45, 2.75) is 18.8 Å². The van der Waals surface area contributed by atoms with Crippen molar-refractivity contribution in [3.63, 3.8) is 0 Å². The first-order valence-corrected chi connectivity index (χ1v) is 7.02. The molecule has 3 heteroatoms. The molecule has 0 saturated carbocycles. The maximum absolute atomic E-state index is 5.16. The van der Waals surface area contributed by atoms with Crippen molar-refractivity contribution in [2.24, 2.45) is 0 Å². The van der Waals surface area contributed by atoms with Crippen LogP contribution in [0.3, 0.4) is 0 Å². The van der Waals surface area contributed by atoms with Crippen molar-refractivity contribution >= 4 is 0 Å². The van der Waals surface area contributed by atoms with E-state index in [-0.39, 0.29) is 0 Å². The number of rotatable bonds is 7. The monoisotopic (exact) mass is 270 g/mol. The van der Waals surface area contributed by atoms with E-state index in [0.29, 0.717) is 5.92 Å². The lowest BCUT2D eigenvalue weighted by Crippen LogP contribution is -2.18. The van der Waals surface area contributed by atoms with E-state index in [1.54, 1.807) is 7.11 Å². The SMILES string of the molecule is CON(C)CCCC(c1ccccc1)c1ccccn1. The van der Waals surface area contributed by atoms with Crippen molar-refractivity contribution < 1.29 is 4.84 Å². The largest absolute Gasteiger partial charge is 0.303 e. The van der Waals surface area contributed by atoms with E-state index in [9.17, 15) is 0 Å². The minimum atomic E-state index is 0.350. The number of aromatic nitrogens is 1. The number of pyridine rings is 1. The molecule has 1 atom stereocenters. The van der Waals surface area contributed by atoms with Gasteiger partial charge in [0.15, 0.2) is 0 Å². The number of benzene rings is 1. The summed E-state index contributed by atoms with van der Waals surface area (Å²) in [5, 5.41) is 1.86. The van der Waals surface area contributed by atoms with Crippen LogP contribution in [0.2, 0.25) is 0 Å². The molecule has 0 aliphatic rings. The summed E-state index contributed by atoms with van der Waals surface area (Å²) >= 11 is 0. The molecule has 0 aliphatic carbocycles. The molecule has 1 heterocycles. The standard InChI is InChI=1S/C17H22N2O/c1-19(20-2)14-8-11-16(15-9-4-3-5-10-15)17-12-6-7-13-18-17/h3-7,9-10,12-13,16H,8,11,14H2,1-2H3. The summed E-state index contributed by atoms with van der Waals surface area (Å²) in [5.41, 5.74) is 2.46. The fourth-order valence-corrected chi connectivity index (χ4v) is 2.36. The molecule has 0 fully saturated rings. The first-order valence-electron chi connectivity index (χ1n) is 7.02. The number of nitrogens with zero attached hydrogens (tertiary/aromatic N) is 2. The van der Waals surface area contributed by atoms with Crippen LogP contribution < -0.4 is 0 Å². The van der Waals surface area contributed by atoms with Crippen LogP contribution in [-0.4, -0.2) is 30.7 Å². The second kappa shape index (κ2) is 7.78. The van der Waals surface area contributed by atoms with Gasteiger partial charge in [-0.25, -0.2) is 0 Å². The molecule has 2 aromatic rings. The van der Waals surface area contributed by atoms with Gasteiger partial charge in [0.25, 0.3) is 0 Å². The van der Waals surface area contributed by atoms with Crippen molar-refractivity contribution in [3.05, 3.63) is 66.0 Å². The quantitative estimate of drug-likeness (QED) is 0.720. The van der Waals surface area contributed by atoms with E-state index >= 15 is 0 Å². The van der Waals surface area contributed by atoms with Gasteiger partial charge in [0.05, 0.1) is 7.11 Å². The van der Waals surface area contributed by atoms with Gasteiger partial charge in [-0.3, -0.25) is 4.98 Å². The zero-order valence-corrected chi connectivity index (χ0v) is 12.2. The highest BCUT2D eigenvalue weighted by atomic mass is 16.7. The Bertz CT molecular complexity index is 447. The molecule has 0 saturated heterocycles. The van der Waals surface area contributed by atoms with Gasteiger partial charge < -0.3 is 4.84 Å². The Labute approximate surface area is 121 Å². The van der Waals surface area contributed by atoms with Crippen LogP contribution in [0.1, 0.15) is 30.0 Å². The van der Waals surface area contributed by atoms with Gasteiger partial charge in [0.1, 0.15) is 0 Å². The lowest BCUT2D eigenvalue weighted by atomic mass is 9.91. The normalized spacial score (nSPS) is 12.6. The summed E-state index contributed by atoms with van der Waals surface area (Å²) in [6.07, 6.45) is 4.00. The summed E-state index contributed by atoms with van der Waals surface area (Å²) in [6, 6.07) is 16.7. The molecule has 106 valence electrons. The van der Waals surface area contributed by atoms with Crippen molar-refractivity contribution in [2.75, 3.05) is 20.7 Å². The fraction of sp³-hybridized carbons (Fsp3) is 0.353. The number of hydrogen-bond donors (Lipinski definition) is 0. The van der Waals surface area contributed by atoms with Crippen molar-refractivity contribution in [1.29, 1.82) is 0 Å². The minimum Gasteiger partial charge on any atom is -0.303 e. The average molecular weight is 270 g/mol. The smallest absolute Gasteiger partial charge is 0.0575 e. The van der Waals surface area contributed by atoms with Crippen LogP contribution in [0.5, 0.6) is 0 Å². The zero-order chi connectivity index (χ0) is 14.2. The Morgan fingerprint density at radius 1 is 1.10 bits per heavy atom. The highest BCUT2D eigenvalue weighted by Gasteiger charge is 2.15. The molecule has 0 bridgehead atoms. The molecule has 0 aliphatic heterocycles. The predicted molar refractivity (Wildman–Crippen MR) is 81.4 cm³/mol. The topological polar surface area (TPSA) is 25.4 Å². The molecule has 1 aromatic carbocycles. The Hall–Kier alpha value is -1.71. The van der Waals surface area contributed by atoms with Gasteiger partial charge in [-0.2, -0.15) is 5.06 Å². The van der Waals surface area contributed by atoms with Crippen LogP contribution >= 0.6 is 0 Å². The Balaban J connectivity index is 2.09. The van der Waals surface area contributed by atoms with E-state index in [4.69, 9.17) is 4.84 Å². The molecule has 0 amide bonds. The van der Waals surface area contributed by atoms with Crippen LogP contribution in [-0.2, 0) is 4.84 Å². The summed E-state index contributed by atoms with van der Waals surface area (Å²) in [4.78, 5) is 9.69. The van der Waals surface area contributed by atoms with E-state index < -0.39 is 0 Å². The highest BCUT2D eigenvalue weighted by molar-refractivity contribution is 5.28. The summed E-state index contributed by atoms with van der Waals surface area (Å²) in [6.45, 7) is 0.923. The van der Waals surface area contributed by atoms with Gasteiger partial charge in [-0.05, 0) is 30.5 Å². The molecule has 0 radical (unpaired) electrons. The Morgan fingerprint density at radius 2 is 1.85 bits per heavy atom. The summed E-state index contributed by atoms with van der Waals surface area (Å²) in [5.74, 6) is 0.350. The van der Waals surface area contributed by atoms with E-state index in [1.165, 1.54) is 5.56 Å². The second-order valence-corrected chi connectivity index (χ2v) is 4.89. The molecule has 2 rings (SSSR count). The predicted octanol–water partition coefficient (Wildman–Crippen LogP) is 3.49. The molecule has 0 spiro atoms. The van der Waals surface area contributed by atoms with Crippen LogP contribution in [0.15, 0.2) is 54.7 Å². The minimum absolute atomic E-state index is 0.350. The Kier molecular flexibility index (Phi) is 5.71. The van der Waals surface area contributed by atoms with E-state index in [2.05, 4.69) is 47.4 Å². The lowest BCUT2D eigenvalue weighted by Gasteiger charge is -2.19. The number of hydrogen-bond acceptors (Lipinski definition) is 3. The van der Waals surface area contributed by atoms with E-state index in [1.807, 2.05) is 24.4 Å². The van der Waals surface area contributed by atoms with Gasteiger partial charge in [-0.1, -0.05) is 36.4 Å². The van der Waals surface area contributed by atoms with E-state index in [0.717, 1.165) is 25.1 Å². The van der Waals surface area contributed by atoms with Crippen molar-refractivity contribution in [1.82, 2.24) is 10.0 Å². The summed E-state index contributed by atoms with van der Waals surface area (Å²) < 4.78 is 0. The molecule has 1 unspecified atom stereocenters. The molecular formula is C17H22N2O. The second-order valence-electron chi connectivity index (χ2n) is 4.89. The first kappa shape index (κ1) is 14.7. The maximum atomic E-state index is 5.16. The van der Waals surface area contributed by atoms with Gasteiger partial charge in [0.2, 0.25) is 0 Å². The highest BCUT2D eigenvalue weighted by Crippen LogP contribution is 2.27. The molecule has 1 aromatic heterocycles. The maximum Gasteiger partial charge on any atom is 0.0575 e. The van der Waals surface area contributed by atoms with Crippen LogP contribution in [0.4, 0.5) is 0 Å². The molecule has 3 nitrogen and oxygen atoms in total. The fourth-order valence-electron chi connectivity index (χ4n) is 2.36. The molecule has 0 N–H and O–H groups in total. The van der Waals surface area contributed by atoms with Gasteiger partial charge >= 0.3 is 0 Å². The first-order chi connectivity index (χ1) is 9.81. The zero-order valence-electron chi connectivity index (χ0n) is 12.2. The van der Waals surface area contributed by atoms with Crippen molar-refractivity contribution in [3.8, 4) is 0 Å². The average Bonchev–Trinajstić information content (AvgIpc) is 2.53. The third-order valence-corrected chi connectivity index (χ3v) is 3.52. The molecular weight excluding hydrogens is 248 g/mol. The van der Waals surface area contributed by atoms with Crippen LogP contribution in [0.25, 0.3) is 0 Å². The Morgan fingerprint density at radius 3 is 2.50 bits per heavy atom. The molecule has 20 heavy (non-hydrogen) atoms. The third kappa shape index (κ3) is 4.15. The van der Waals surface area contributed by atoms with Gasteiger partial charge in [0, 0.05) is 31.4 Å². The van der Waals surface area contributed by atoms with Crippen LogP contribution in [0, 0.1) is 0 Å². The number of hydroxylamine groups is 2. The summed E-state index contributed by atoms with van der Waals surface area (Å²) in [7, 11) is 3.66. The van der Waals surface area contributed by atoms with Gasteiger partial charge in [-0.15, -0.1) is 0 Å². The lowest BCUT2D eigenvalue weighted by molar-refractivity contribution is -0.109.